The van der Waals surface area contributed by atoms with Gasteiger partial charge in [0.1, 0.15) is 0 Å². The van der Waals surface area contributed by atoms with Crippen molar-refractivity contribution in [3.05, 3.63) is 87.9 Å². The lowest BCUT2D eigenvalue weighted by Crippen LogP contribution is -2.15. The van der Waals surface area contributed by atoms with E-state index in [2.05, 4.69) is 15.7 Å². The monoisotopic (exact) mass is 469 g/mol. The van der Waals surface area contributed by atoms with Crippen molar-refractivity contribution in [1.82, 2.24) is 14.6 Å². The number of fused-ring (bicyclic) bond motifs is 3. The Hall–Kier alpha value is -4.04. The Bertz CT molecular complexity index is 1520. The first-order chi connectivity index (χ1) is 16.5. The van der Waals surface area contributed by atoms with Gasteiger partial charge in [-0.2, -0.15) is 5.10 Å². The van der Waals surface area contributed by atoms with Crippen LogP contribution in [0, 0.1) is 13.8 Å². The third kappa shape index (κ3) is 4.27. The summed E-state index contributed by atoms with van der Waals surface area (Å²) in [6, 6.07) is 18.7. The van der Waals surface area contributed by atoms with Crippen molar-refractivity contribution in [2.24, 2.45) is 0 Å². The van der Waals surface area contributed by atoms with E-state index in [-0.39, 0.29) is 11.8 Å². The fourth-order valence-corrected chi connectivity index (χ4v) is 4.69. The Morgan fingerprint density at radius 1 is 0.971 bits per heavy atom. The summed E-state index contributed by atoms with van der Waals surface area (Å²) in [7, 11) is 0. The van der Waals surface area contributed by atoms with E-state index in [1.165, 1.54) is 11.3 Å². The van der Waals surface area contributed by atoms with Crippen molar-refractivity contribution in [3.63, 3.8) is 0 Å². The number of hydrogen-bond donors (Lipinski definition) is 2. The second-order valence-corrected chi connectivity index (χ2v) is 9.02. The molecular formula is C26H23N5O2S. The van der Waals surface area contributed by atoms with Gasteiger partial charge in [-0.15, -0.1) is 11.3 Å². The Labute approximate surface area is 200 Å². The summed E-state index contributed by atoms with van der Waals surface area (Å²) in [5, 5.41) is 13.3. The first-order valence-electron chi connectivity index (χ1n) is 11.0. The highest BCUT2D eigenvalue weighted by Crippen LogP contribution is 2.23. The molecule has 170 valence electrons. The van der Waals surface area contributed by atoms with Crippen LogP contribution in [-0.4, -0.2) is 26.4 Å². The van der Waals surface area contributed by atoms with Crippen LogP contribution in [-0.2, 0) is 11.2 Å². The molecule has 2 aromatic carbocycles. The fraction of sp³-hybridized carbons (Fsp3) is 0.154. The molecular weight excluding hydrogens is 446 g/mol. The Balaban J connectivity index is 1.28. The molecule has 0 aliphatic carbocycles. The van der Waals surface area contributed by atoms with E-state index in [0.717, 1.165) is 33.5 Å². The highest BCUT2D eigenvalue weighted by molar-refractivity contribution is 7.12. The van der Waals surface area contributed by atoms with Crippen LogP contribution in [0.2, 0.25) is 0 Å². The Morgan fingerprint density at radius 2 is 1.76 bits per heavy atom. The molecule has 5 rings (SSSR count). The highest BCUT2D eigenvalue weighted by Gasteiger charge is 2.15. The number of nitrogens with one attached hydrogen (secondary N) is 2. The van der Waals surface area contributed by atoms with Gasteiger partial charge in [0, 0.05) is 34.6 Å². The number of hydrogen-bond acceptors (Lipinski definition) is 5. The van der Waals surface area contributed by atoms with Crippen molar-refractivity contribution < 1.29 is 9.59 Å². The van der Waals surface area contributed by atoms with E-state index in [1.807, 2.05) is 54.1 Å². The molecule has 8 heteroatoms. The molecule has 2 amide bonds. The molecule has 0 aliphatic heterocycles. The molecule has 0 saturated heterocycles. The molecule has 0 fully saturated rings. The number of aryl methyl sites for hydroxylation is 2. The van der Waals surface area contributed by atoms with E-state index in [4.69, 9.17) is 4.98 Å². The number of aromatic nitrogens is 3. The smallest absolute Gasteiger partial charge is 0.265 e. The highest BCUT2D eigenvalue weighted by atomic mass is 32.1. The molecule has 0 spiro atoms. The van der Waals surface area contributed by atoms with Gasteiger partial charge < -0.3 is 10.6 Å². The summed E-state index contributed by atoms with van der Waals surface area (Å²) in [6.07, 6.45) is 0.860. The molecule has 3 heterocycles. The normalized spacial score (nSPS) is 11.1. The predicted molar refractivity (Wildman–Crippen MR) is 136 cm³/mol. The lowest BCUT2D eigenvalue weighted by atomic mass is 10.1. The maximum absolute atomic E-state index is 12.7. The van der Waals surface area contributed by atoms with Crippen molar-refractivity contribution >= 4 is 51.1 Å². The number of anilines is 2. The third-order valence-corrected chi connectivity index (χ3v) is 6.64. The minimum absolute atomic E-state index is 0.105. The van der Waals surface area contributed by atoms with Crippen LogP contribution in [0.15, 0.2) is 66.0 Å². The number of thiophene rings is 1. The summed E-state index contributed by atoms with van der Waals surface area (Å²) in [5.41, 5.74) is 5.91. The van der Waals surface area contributed by atoms with Gasteiger partial charge in [-0.3, -0.25) is 9.59 Å². The molecule has 34 heavy (non-hydrogen) atoms. The van der Waals surface area contributed by atoms with Gasteiger partial charge in [-0.25, -0.2) is 9.50 Å². The number of rotatable bonds is 6. The van der Waals surface area contributed by atoms with E-state index < -0.39 is 0 Å². The molecule has 0 atom stereocenters. The number of benzene rings is 2. The maximum Gasteiger partial charge on any atom is 0.265 e. The van der Waals surface area contributed by atoms with Crippen LogP contribution in [0.3, 0.4) is 0 Å². The SMILES string of the molecule is Cc1nc2c3ccccc3nn2c(C)c1CCC(=O)Nc1cccc(NC(=O)c2cccs2)c1. The maximum atomic E-state index is 12.7. The molecule has 0 unspecified atom stereocenters. The molecule has 0 aliphatic rings. The third-order valence-electron chi connectivity index (χ3n) is 5.77. The molecule has 5 aromatic rings. The van der Waals surface area contributed by atoms with Crippen molar-refractivity contribution in [3.8, 4) is 0 Å². The van der Waals surface area contributed by atoms with Crippen LogP contribution < -0.4 is 10.6 Å². The van der Waals surface area contributed by atoms with E-state index in [1.54, 1.807) is 30.3 Å². The Kier molecular flexibility index (Phi) is 5.81. The standard InChI is InChI=1S/C26H23N5O2S/c1-16-20(17(2)31-25(27-16)21-9-3-4-10-22(21)30-31)12-13-24(32)28-18-7-5-8-19(15-18)29-26(33)23-11-6-14-34-23/h3-11,14-15H,12-13H2,1-2H3,(H,28,32)(H,29,33). The van der Waals surface area contributed by atoms with Crippen molar-refractivity contribution in [2.45, 2.75) is 26.7 Å². The zero-order valence-electron chi connectivity index (χ0n) is 18.8. The summed E-state index contributed by atoms with van der Waals surface area (Å²) >= 11 is 1.38. The topological polar surface area (TPSA) is 88.4 Å². The Morgan fingerprint density at radius 3 is 2.56 bits per heavy atom. The number of amides is 2. The van der Waals surface area contributed by atoms with Crippen LogP contribution in [0.4, 0.5) is 11.4 Å². The molecule has 0 bridgehead atoms. The first-order valence-corrected chi connectivity index (χ1v) is 11.9. The average Bonchev–Trinajstić information content (AvgIpc) is 3.48. The van der Waals surface area contributed by atoms with Crippen molar-refractivity contribution in [2.75, 3.05) is 10.6 Å². The molecule has 7 nitrogen and oxygen atoms in total. The summed E-state index contributed by atoms with van der Waals surface area (Å²) < 4.78 is 1.87. The fourth-order valence-electron chi connectivity index (χ4n) is 4.08. The van der Waals surface area contributed by atoms with Crippen LogP contribution in [0.1, 0.15) is 33.0 Å². The minimum Gasteiger partial charge on any atom is -0.326 e. The summed E-state index contributed by atoms with van der Waals surface area (Å²) in [5.74, 6) is -0.273. The summed E-state index contributed by atoms with van der Waals surface area (Å²) in [4.78, 5) is 30.4. The van der Waals surface area contributed by atoms with Gasteiger partial charge in [0.05, 0.1) is 10.4 Å². The van der Waals surface area contributed by atoms with Gasteiger partial charge in [0.15, 0.2) is 5.65 Å². The van der Waals surface area contributed by atoms with Gasteiger partial charge >= 0.3 is 0 Å². The second-order valence-electron chi connectivity index (χ2n) is 8.07. The molecule has 2 N–H and O–H groups in total. The van der Waals surface area contributed by atoms with Crippen LogP contribution >= 0.6 is 11.3 Å². The zero-order chi connectivity index (χ0) is 23.7. The molecule has 0 radical (unpaired) electrons. The lowest BCUT2D eigenvalue weighted by Gasteiger charge is -2.12. The second kappa shape index (κ2) is 9.07. The van der Waals surface area contributed by atoms with Gasteiger partial charge in [-0.05, 0) is 67.6 Å². The van der Waals surface area contributed by atoms with Crippen LogP contribution in [0.25, 0.3) is 16.6 Å². The molecule has 0 saturated carbocycles. The van der Waals surface area contributed by atoms with E-state index in [0.29, 0.717) is 29.1 Å². The lowest BCUT2D eigenvalue weighted by molar-refractivity contribution is -0.116. The summed E-state index contributed by atoms with van der Waals surface area (Å²) in [6.45, 7) is 3.99. The van der Waals surface area contributed by atoms with Crippen LogP contribution in [0.5, 0.6) is 0 Å². The molecule has 3 aromatic heterocycles. The van der Waals surface area contributed by atoms with Gasteiger partial charge in [0.2, 0.25) is 5.91 Å². The zero-order valence-corrected chi connectivity index (χ0v) is 19.6. The van der Waals surface area contributed by atoms with E-state index >= 15 is 0 Å². The average molecular weight is 470 g/mol. The number of carbonyl (C=O) groups excluding carboxylic acids is 2. The van der Waals surface area contributed by atoms with E-state index in [9.17, 15) is 9.59 Å². The van der Waals surface area contributed by atoms with Gasteiger partial charge in [-0.1, -0.05) is 24.3 Å². The predicted octanol–water partition coefficient (Wildman–Crippen LogP) is 5.38. The minimum atomic E-state index is -0.168. The number of carbonyl (C=O) groups is 2. The quantitative estimate of drug-likeness (QED) is 0.349. The first kappa shape index (κ1) is 21.8. The number of nitrogens with zero attached hydrogens (tertiary/aromatic N) is 3. The van der Waals surface area contributed by atoms with Crippen molar-refractivity contribution in [1.29, 1.82) is 0 Å². The van der Waals surface area contributed by atoms with Gasteiger partial charge in [0.25, 0.3) is 5.91 Å². The largest absolute Gasteiger partial charge is 0.326 e.